The van der Waals surface area contributed by atoms with Gasteiger partial charge in [-0.2, -0.15) is 5.26 Å². The highest BCUT2D eigenvalue weighted by atomic mass is 15.1. The maximum atomic E-state index is 8.55. The van der Waals surface area contributed by atoms with E-state index in [1.54, 1.807) is 0 Å². The Morgan fingerprint density at radius 2 is 2.27 bits per heavy atom. The normalized spacial score (nSPS) is 10.5. The maximum absolute atomic E-state index is 8.55. The quantitative estimate of drug-likeness (QED) is 0.745. The van der Waals surface area contributed by atoms with Crippen LogP contribution in [0.2, 0.25) is 0 Å². The topological polar surface area (TPSA) is 41.6 Å². The lowest BCUT2D eigenvalue weighted by molar-refractivity contribution is 0.801. The fourth-order valence-corrected chi connectivity index (χ4v) is 1.74. The molecule has 3 heteroatoms. The standard InChI is InChI=1S/C12H13N3/c1-9-5-6-10-11(8-9)15(2)12(14-10)4-3-7-13/h5-6,8H,3-4H2,1-2H3. The molecule has 0 atom stereocenters. The number of fused-ring (bicyclic) bond motifs is 1. The first kappa shape index (κ1) is 9.72. The SMILES string of the molecule is Cc1ccc2nc(CCC#N)n(C)c2c1. The van der Waals surface area contributed by atoms with Crippen LogP contribution in [0.25, 0.3) is 11.0 Å². The molecule has 0 saturated carbocycles. The molecule has 1 aromatic heterocycles. The summed E-state index contributed by atoms with van der Waals surface area (Å²) in [5.74, 6) is 0.983. The molecule has 2 rings (SSSR count). The van der Waals surface area contributed by atoms with Crippen molar-refractivity contribution in [3.8, 4) is 6.07 Å². The van der Waals surface area contributed by atoms with Crippen LogP contribution in [0, 0.1) is 18.3 Å². The van der Waals surface area contributed by atoms with Gasteiger partial charge in [0.05, 0.1) is 17.1 Å². The third kappa shape index (κ3) is 1.71. The van der Waals surface area contributed by atoms with Crippen molar-refractivity contribution in [1.29, 1.82) is 5.26 Å². The highest BCUT2D eigenvalue weighted by molar-refractivity contribution is 5.76. The minimum absolute atomic E-state index is 0.524. The number of hydrogen-bond acceptors (Lipinski definition) is 2. The Morgan fingerprint density at radius 1 is 1.47 bits per heavy atom. The lowest BCUT2D eigenvalue weighted by Crippen LogP contribution is -1.97. The summed E-state index contributed by atoms with van der Waals surface area (Å²) in [6.45, 7) is 2.07. The average molecular weight is 199 g/mol. The molecule has 2 aromatic rings. The molecule has 0 aliphatic heterocycles. The van der Waals surface area contributed by atoms with Gasteiger partial charge in [0.25, 0.3) is 0 Å². The van der Waals surface area contributed by atoms with Crippen LogP contribution < -0.4 is 0 Å². The summed E-state index contributed by atoms with van der Waals surface area (Å²) < 4.78 is 2.07. The van der Waals surface area contributed by atoms with Crippen molar-refractivity contribution < 1.29 is 0 Å². The smallest absolute Gasteiger partial charge is 0.110 e. The highest BCUT2D eigenvalue weighted by Crippen LogP contribution is 2.17. The number of imidazole rings is 1. The largest absolute Gasteiger partial charge is 0.331 e. The van der Waals surface area contributed by atoms with Gasteiger partial charge in [0.2, 0.25) is 0 Å². The van der Waals surface area contributed by atoms with Gasteiger partial charge in [0.15, 0.2) is 0 Å². The van der Waals surface area contributed by atoms with Crippen molar-refractivity contribution in [3.05, 3.63) is 29.6 Å². The van der Waals surface area contributed by atoms with Gasteiger partial charge in [-0.15, -0.1) is 0 Å². The molecular weight excluding hydrogens is 186 g/mol. The van der Waals surface area contributed by atoms with Crippen LogP contribution in [0.3, 0.4) is 0 Å². The highest BCUT2D eigenvalue weighted by Gasteiger charge is 2.06. The van der Waals surface area contributed by atoms with Crippen LogP contribution in [0.4, 0.5) is 0 Å². The molecule has 0 spiro atoms. The molecule has 0 fully saturated rings. The van der Waals surface area contributed by atoms with Crippen molar-refractivity contribution in [2.24, 2.45) is 7.05 Å². The molecule has 0 amide bonds. The van der Waals surface area contributed by atoms with Crippen LogP contribution in [-0.2, 0) is 13.5 Å². The maximum Gasteiger partial charge on any atom is 0.110 e. The Morgan fingerprint density at radius 3 is 3.00 bits per heavy atom. The summed E-state index contributed by atoms with van der Waals surface area (Å²) >= 11 is 0. The molecule has 3 nitrogen and oxygen atoms in total. The molecule has 1 aromatic carbocycles. The zero-order valence-electron chi connectivity index (χ0n) is 8.99. The molecule has 1 heterocycles. The Bertz CT molecular complexity index is 532. The molecule has 76 valence electrons. The summed E-state index contributed by atoms with van der Waals surface area (Å²) in [4.78, 5) is 4.50. The number of nitriles is 1. The number of aryl methyl sites for hydroxylation is 3. The Labute approximate surface area is 89.0 Å². The minimum Gasteiger partial charge on any atom is -0.331 e. The lowest BCUT2D eigenvalue weighted by atomic mass is 10.2. The van der Waals surface area contributed by atoms with E-state index in [1.807, 2.05) is 13.1 Å². The average Bonchev–Trinajstić information content (AvgIpc) is 2.53. The summed E-state index contributed by atoms with van der Waals surface area (Å²) in [6.07, 6.45) is 1.25. The van der Waals surface area contributed by atoms with E-state index >= 15 is 0 Å². The van der Waals surface area contributed by atoms with Crippen LogP contribution in [-0.4, -0.2) is 9.55 Å². The third-order valence-corrected chi connectivity index (χ3v) is 2.59. The fraction of sp³-hybridized carbons (Fsp3) is 0.333. The number of hydrogen-bond donors (Lipinski definition) is 0. The van der Waals surface area contributed by atoms with Gasteiger partial charge >= 0.3 is 0 Å². The number of nitrogens with zero attached hydrogens (tertiary/aromatic N) is 3. The second kappa shape index (κ2) is 3.74. The van der Waals surface area contributed by atoms with E-state index in [0.29, 0.717) is 6.42 Å². The second-order valence-corrected chi connectivity index (χ2v) is 3.74. The van der Waals surface area contributed by atoms with Gasteiger partial charge < -0.3 is 4.57 Å². The lowest BCUT2D eigenvalue weighted by Gasteiger charge is -1.99. The Balaban J connectivity index is 2.50. The van der Waals surface area contributed by atoms with Crippen molar-refractivity contribution in [3.63, 3.8) is 0 Å². The Hall–Kier alpha value is -1.82. The molecular formula is C12H13N3. The number of aromatic nitrogens is 2. The third-order valence-electron chi connectivity index (χ3n) is 2.59. The molecule has 0 unspecified atom stereocenters. The first-order chi connectivity index (χ1) is 7.22. The van der Waals surface area contributed by atoms with Crippen LogP contribution in [0.5, 0.6) is 0 Å². The van der Waals surface area contributed by atoms with Crippen LogP contribution >= 0.6 is 0 Å². The molecule has 0 bridgehead atoms. The second-order valence-electron chi connectivity index (χ2n) is 3.74. The van der Waals surface area contributed by atoms with Gasteiger partial charge in [0, 0.05) is 19.9 Å². The number of benzene rings is 1. The predicted molar refractivity (Wildman–Crippen MR) is 59.4 cm³/mol. The molecule has 0 aliphatic carbocycles. The van der Waals surface area contributed by atoms with Crippen molar-refractivity contribution in [2.75, 3.05) is 0 Å². The molecule has 0 saturated heterocycles. The molecule has 15 heavy (non-hydrogen) atoms. The van der Waals surface area contributed by atoms with Gasteiger partial charge in [-0.3, -0.25) is 0 Å². The van der Waals surface area contributed by atoms with E-state index in [0.717, 1.165) is 23.3 Å². The van der Waals surface area contributed by atoms with Gasteiger partial charge in [-0.1, -0.05) is 6.07 Å². The summed E-state index contributed by atoms with van der Waals surface area (Å²) in [5.41, 5.74) is 3.39. The van der Waals surface area contributed by atoms with E-state index in [1.165, 1.54) is 5.56 Å². The Kier molecular flexibility index (Phi) is 2.42. The zero-order chi connectivity index (χ0) is 10.8. The monoisotopic (exact) mass is 199 g/mol. The molecule has 0 radical (unpaired) electrons. The summed E-state index contributed by atoms with van der Waals surface area (Å²) in [6, 6.07) is 8.36. The first-order valence-corrected chi connectivity index (χ1v) is 5.01. The molecule has 0 N–H and O–H groups in total. The van der Waals surface area contributed by atoms with E-state index in [2.05, 4.69) is 34.7 Å². The van der Waals surface area contributed by atoms with E-state index in [-0.39, 0.29) is 0 Å². The van der Waals surface area contributed by atoms with Gasteiger partial charge in [-0.05, 0) is 24.6 Å². The number of rotatable bonds is 2. The van der Waals surface area contributed by atoms with Gasteiger partial charge in [-0.25, -0.2) is 4.98 Å². The van der Waals surface area contributed by atoms with Crippen molar-refractivity contribution >= 4 is 11.0 Å². The predicted octanol–water partition coefficient (Wildman–Crippen LogP) is 2.34. The van der Waals surface area contributed by atoms with E-state index < -0.39 is 0 Å². The van der Waals surface area contributed by atoms with Crippen LogP contribution in [0.15, 0.2) is 18.2 Å². The summed E-state index contributed by atoms with van der Waals surface area (Å²) in [5, 5.41) is 8.55. The van der Waals surface area contributed by atoms with Gasteiger partial charge in [0.1, 0.15) is 5.82 Å². The van der Waals surface area contributed by atoms with Crippen molar-refractivity contribution in [1.82, 2.24) is 9.55 Å². The summed E-state index contributed by atoms with van der Waals surface area (Å²) in [7, 11) is 2.00. The molecule has 0 aliphatic rings. The van der Waals surface area contributed by atoms with Crippen LogP contribution in [0.1, 0.15) is 17.8 Å². The minimum atomic E-state index is 0.524. The fourth-order valence-electron chi connectivity index (χ4n) is 1.74. The van der Waals surface area contributed by atoms with Crippen molar-refractivity contribution in [2.45, 2.75) is 19.8 Å². The van der Waals surface area contributed by atoms with E-state index in [9.17, 15) is 0 Å². The first-order valence-electron chi connectivity index (χ1n) is 5.01. The zero-order valence-corrected chi connectivity index (χ0v) is 8.99. The van der Waals surface area contributed by atoms with E-state index in [4.69, 9.17) is 5.26 Å².